The van der Waals surface area contributed by atoms with Gasteiger partial charge in [-0.15, -0.1) is 0 Å². The average molecular weight is 652 g/mol. The van der Waals surface area contributed by atoms with E-state index >= 15 is 0 Å². The Morgan fingerprint density at radius 2 is 1.67 bits per heavy atom. The second-order valence-corrected chi connectivity index (χ2v) is 15.2. The number of carbonyl (C=O) groups excluding carboxylic acids is 2. The predicted molar refractivity (Wildman–Crippen MR) is 182 cm³/mol. The fourth-order valence-electron chi connectivity index (χ4n) is 6.88. The van der Waals surface area contributed by atoms with Crippen LogP contribution in [0, 0.1) is 5.92 Å². The molecule has 11 heteroatoms. The summed E-state index contributed by atoms with van der Waals surface area (Å²) in [6.45, 7) is 8.01. The highest BCUT2D eigenvalue weighted by atomic mass is 32.2. The normalized spacial score (nSPS) is 21.3. The summed E-state index contributed by atoms with van der Waals surface area (Å²) in [6, 6.07) is 13.5. The highest BCUT2D eigenvalue weighted by molar-refractivity contribution is 7.87. The van der Waals surface area contributed by atoms with Gasteiger partial charge in [-0.05, 0) is 61.1 Å². The minimum absolute atomic E-state index is 0.115. The molecule has 10 nitrogen and oxygen atoms in total. The molecule has 2 aliphatic heterocycles. The first kappa shape index (κ1) is 34.1. The first-order valence-electron chi connectivity index (χ1n) is 16.6. The zero-order chi connectivity index (χ0) is 32.8. The van der Waals surface area contributed by atoms with E-state index in [0.29, 0.717) is 31.1 Å². The summed E-state index contributed by atoms with van der Waals surface area (Å²) in [4.78, 5) is 31.4. The molecular formula is C35H49N5O5S. The molecule has 1 saturated carbocycles. The van der Waals surface area contributed by atoms with Crippen LogP contribution in [0.1, 0.15) is 73.0 Å². The molecule has 2 fully saturated rings. The molecule has 250 valence electrons. The van der Waals surface area contributed by atoms with Gasteiger partial charge in [-0.25, -0.2) is 4.72 Å². The van der Waals surface area contributed by atoms with Crippen molar-refractivity contribution in [1.29, 1.82) is 0 Å². The SMILES string of the molecule is C[C@@H]1CN(CCNC(=O)C2=Cc3ccccc3CN(c3cc(C(=O)NS(=O)(=O)N(C)C)ccc3CC3CCCCC3)C2)C[C@H](C)O1. The van der Waals surface area contributed by atoms with E-state index in [9.17, 15) is 18.0 Å². The summed E-state index contributed by atoms with van der Waals surface area (Å²) in [5.74, 6) is -0.255. The molecule has 0 aromatic heterocycles. The largest absolute Gasteiger partial charge is 0.373 e. The van der Waals surface area contributed by atoms with Crippen LogP contribution in [0.3, 0.4) is 0 Å². The van der Waals surface area contributed by atoms with Crippen molar-refractivity contribution in [2.24, 2.45) is 5.92 Å². The number of hydrogen-bond donors (Lipinski definition) is 2. The standard InChI is InChI=1S/C35H49N5O5S/c1-25-21-39(22-26(2)45-25)17-16-36-34(41)32-19-28-12-8-9-13-31(28)23-40(24-32)33-20-30(35(42)37-46(43,44)38(3)4)15-14-29(33)18-27-10-6-5-7-11-27/h8-9,12-15,19-20,25-27H,5-7,10-11,16-18,21-24H2,1-4H3,(H,36,41)(H,37,42)/t25-,26+. The van der Waals surface area contributed by atoms with Crippen molar-refractivity contribution >= 4 is 33.8 Å². The molecule has 2 aromatic rings. The number of morpholine rings is 1. The number of ether oxygens (including phenoxy) is 1. The van der Waals surface area contributed by atoms with E-state index in [4.69, 9.17) is 4.74 Å². The zero-order valence-corrected chi connectivity index (χ0v) is 28.4. The van der Waals surface area contributed by atoms with Crippen LogP contribution < -0.4 is 14.9 Å². The molecule has 2 heterocycles. The van der Waals surface area contributed by atoms with Gasteiger partial charge in [0.05, 0.1) is 12.2 Å². The fraction of sp³-hybridized carbons (Fsp3) is 0.543. The maximum absolute atomic E-state index is 13.7. The molecule has 46 heavy (non-hydrogen) atoms. The van der Waals surface area contributed by atoms with Crippen molar-refractivity contribution < 1.29 is 22.7 Å². The van der Waals surface area contributed by atoms with Gasteiger partial charge in [-0.2, -0.15) is 12.7 Å². The van der Waals surface area contributed by atoms with Gasteiger partial charge < -0.3 is 15.0 Å². The Kier molecular flexibility index (Phi) is 11.2. The molecule has 2 amide bonds. The van der Waals surface area contributed by atoms with Crippen LogP contribution in [0.25, 0.3) is 6.08 Å². The zero-order valence-electron chi connectivity index (χ0n) is 27.6. The van der Waals surface area contributed by atoms with E-state index in [2.05, 4.69) is 39.8 Å². The highest BCUT2D eigenvalue weighted by Gasteiger charge is 2.27. The number of amides is 2. The third kappa shape index (κ3) is 8.76. The number of benzene rings is 2. The molecule has 2 aromatic carbocycles. The van der Waals surface area contributed by atoms with E-state index in [-0.39, 0.29) is 23.7 Å². The molecule has 2 atom stereocenters. The number of anilines is 1. The van der Waals surface area contributed by atoms with Gasteiger partial charge in [0.25, 0.3) is 5.91 Å². The average Bonchev–Trinajstić information content (AvgIpc) is 3.21. The van der Waals surface area contributed by atoms with Crippen LogP contribution >= 0.6 is 0 Å². The fourth-order valence-corrected chi connectivity index (χ4v) is 7.41. The second kappa shape index (κ2) is 15.1. The predicted octanol–water partition coefficient (Wildman–Crippen LogP) is 3.97. The minimum Gasteiger partial charge on any atom is -0.373 e. The molecule has 0 bridgehead atoms. The smallest absolute Gasteiger partial charge is 0.303 e. The Labute approximate surface area is 274 Å². The van der Waals surface area contributed by atoms with Crippen molar-refractivity contribution in [3.63, 3.8) is 0 Å². The van der Waals surface area contributed by atoms with E-state index in [0.717, 1.165) is 52.7 Å². The van der Waals surface area contributed by atoms with E-state index in [1.165, 1.54) is 46.2 Å². The molecular weight excluding hydrogens is 602 g/mol. The molecule has 0 unspecified atom stereocenters. The van der Waals surface area contributed by atoms with Crippen LogP contribution in [-0.4, -0.2) is 88.5 Å². The summed E-state index contributed by atoms with van der Waals surface area (Å²) in [5, 5.41) is 3.15. The van der Waals surface area contributed by atoms with Crippen molar-refractivity contribution in [2.45, 2.75) is 71.1 Å². The van der Waals surface area contributed by atoms with Gasteiger partial charge in [-0.3, -0.25) is 14.5 Å². The second-order valence-electron chi connectivity index (χ2n) is 13.3. The van der Waals surface area contributed by atoms with Crippen LogP contribution in [0.4, 0.5) is 5.69 Å². The number of fused-ring (bicyclic) bond motifs is 1. The minimum atomic E-state index is -3.96. The molecule has 0 spiro atoms. The van der Waals surface area contributed by atoms with Gasteiger partial charge in [0, 0.05) is 70.2 Å². The first-order chi connectivity index (χ1) is 22.0. The van der Waals surface area contributed by atoms with Crippen LogP contribution in [0.15, 0.2) is 48.0 Å². The summed E-state index contributed by atoms with van der Waals surface area (Å²) in [5.41, 5.74) is 4.93. The summed E-state index contributed by atoms with van der Waals surface area (Å²) < 4.78 is 33.9. The van der Waals surface area contributed by atoms with Gasteiger partial charge in [0.2, 0.25) is 5.91 Å². The monoisotopic (exact) mass is 651 g/mol. The van der Waals surface area contributed by atoms with Crippen molar-refractivity contribution in [2.75, 3.05) is 51.7 Å². The van der Waals surface area contributed by atoms with Crippen molar-refractivity contribution in [3.8, 4) is 0 Å². The Bertz CT molecular complexity index is 1530. The number of hydrogen-bond acceptors (Lipinski definition) is 7. The Hall–Kier alpha value is -3.25. The maximum Gasteiger partial charge on any atom is 0.303 e. The lowest BCUT2D eigenvalue weighted by atomic mass is 9.84. The van der Waals surface area contributed by atoms with Gasteiger partial charge in [0.1, 0.15) is 0 Å². The van der Waals surface area contributed by atoms with Crippen LogP contribution in [-0.2, 0) is 32.7 Å². The number of nitrogens with one attached hydrogen (secondary N) is 2. The lowest BCUT2D eigenvalue weighted by molar-refractivity contribution is -0.117. The molecule has 0 radical (unpaired) electrons. The number of rotatable bonds is 10. The van der Waals surface area contributed by atoms with E-state index < -0.39 is 16.1 Å². The summed E-state index contributed by atoms with van der Waals surface area (Å²) in [7, 11) is -1.20. The quantitative estimate of drug-likeness (QED) is 0.400. The van der Waals surface area contributed by atoms with Gasteiger partial charge in [-0.1, -0.05) is 62.4 Å². The lowest BCUT2D eigenvalue weighted by Gasteiger charge is -2.35. The molecule has 1 saturated heterocycles. The lowest BCUT2D eigenvalue weighted by Crippen LogP contribution is -2.48. The topological polar surface area (TPSA) is 111 Å². The van der Waals surface area contributed by atoms with Gasteiger partial charge >= 0.3 is 10.2 Å². The van der Waals surface area contributed by atoms with Crippen molar-refractivity contribution in [3.05, 3.63) is 70.3 Å². The third-order valence-electron chi connectivity index (χ3n) is 9.23. The van der Waals surface area contributed by atoms with Crippen LogP contribution in [0.5, 0.6) is 0 Å². The van der Waals surface area contributed by atoms with E-state index in [1.54, 1.807) is 12.1 Å². The van der Waals surface area contributed by atoms with Crippen LogP contribution in [0.2, 0.25) is 0 Å². The molecule has 3 aliphatic rings. The van der Waals surface area contributed by atoms with Crippen molar-refractivity contribution in [1.82, 2.24) is 19.2 Å². The molecule has 5 rings (SSSR count). The Morgan fingerprint density at radius 1 is 0.957 bits per heavy atom. The Morgan fingerprint density at radius 3 is 2.39 bits per heavy atom. The number of nitrogens with zero attached hydrogens (tertiary/aromatic N) is 3. The number of carbonyl (C=O) groups is 2. The Balaban J connectivity index is 1.42. The summed E-state index contributed by atoms with van der Waals surface area (Å²) >= 11 is 0. The first-order valence-corrected chi connectivity index (χ1v) is 18.0. The highest BCUT2D eigenvalue weighted by Crippen LogP contribution is 2.34. The van der Waals surface area contributed by atoms with Gasteiger partial charge in [0.15, 0.2) is 0 Å². The third-order valence-corrected chi connectivity index (χ3v) is 10.6. The molecule has 2 N–H and O–H groups in total. The van der Waals surface area contributed by atoms with E-state index in [1.807, 2.05) is 30.3 Å². The molecule has 1 aliphatic carbocycles. The summed E-state index contributed by atoms with van der Waals surface area (Å²) in [6.07, 6.45) is 9.20. The maximum atomic E-state index is 13.7.